The Morgan fingerprint density at radius 1 is 1.10 bits per heavy atom. The third-order valence-corrected chi connectivity index (χ3v) is 11.6. The summed E-state index contributed by atoms with van der Waals surface area (Å²) < 4.78 is 6.32. The number of ketones is 2. The van der Waals surface area contributed by atoms with Crippen LogP contribution in [0.1, 0.15) is 52.0 Å². The van der Waals surface area contributed by atoms with Crippen LogP contribution in [0.3, 0.4) is 0 Å². The number of amides is 1. The van der Waals surface area contributed by atoms with E-state index in [9.17, 15) is 19.5 Å². The minimum Gasteiger partial charge on any atom is -0.465 e. The van der Waals surface area contributed by atoms with Gasteiger partial charge in [0.1, 0.15) is 11.6 Å². The summed E-state index contributed by atoms with van der Waals surface area (Å²) in [5.41, 5.74) is 0.206. The van der Waals surface area contributed by atoms with E-state index < -0.39 is 19.8 Å². The van der Waals surface area contributed by atoms with Crippen LogP contribution in [0.5, 0.6) is 0 Å². The van der Waals surface area contributed by atoms with Crippen LogP contribution >= 0.6 is 0 Å². The molecule has 1 fully saturated rings. The molecule has 0 bridgehead atoms. The normalized spacial score (nSPS) is 16.7. The van der Waals surface area contributed by atoms with Crippen molar-refractivity contribution < 1.29 is 23.9 Å². The number of piperidine rings is 1. The van der Waals surface area contributed by atoms with Crippen LogP contribution in [0.25, 0.3) is 0 Å². The van der Waals surface area contributed by atoms with Gasteiger partial charge in [0, 0.05) is 31.5 Å². The van der Waals surface area contributed by atoms with Crippen LogP contribution in [0.2, 0.25) is 18.1 Å². The van der Waals surface area contributed by atoms with Crippen molar-refractivity contribution in [3.63, 3.8) is 0 Å². The van der Waals surface area contributed by atoms with Gasteiger partial charge in [-0.3, -0.25) is 9.59 Å². The van der Waals surface area contributed by atoms with Gasteiger partial charge in [0.25, 0.3) is 0 Å². The Morgan fingerprint density at radius 2 is 1.68 bits per heavy atom. The molecule has 172 valence electrons. The average molecular weight is 448 g/mol. The smallest absolute Gasteiger partial charge is 0.407 e. The van der Waals surface area contributed by atoms with Gasteiger partial charge in [-0.05, 0) is 43.0 Å². The molecule has 1 aliphatic rings. The van der Waals surface area contributed by atoms with Crippen LogP contribution in [0, 0.1) is 5.41 Å². The van der Waals surface area contributed by atoms with E-state index in [-0.39, 0.29) is 29.4 Å². The fourth-order valence-electron chi connectivity index (χ4n) is 3.76. The van der Waals surface area contributed by atoms with E-state index in [1.165, 1.54) is 4.90 Å². The number of nitrogens with zero attached hydrogens (tertiary/aromatic N) is 1. The highest BCUT2D eigenvalue weighted by molar-refractivity contribution is 6.74. The molecule has 1 aliphatic heterocycles. The van der Waals surface area contributed by atoms with Gasteiger partial charge in [-0.2, -0.15) is 0 Å². The third-order valence-electron chi connectivity index (χ3n) is 7.03. The zero-order valence-electron chi connectivity index (χ0n) is 19.6. The van der Waals surface area contributed by atoms with Crippen molar-refractivity contribution in [1.82, 2.24) is 4.90 Å². The number of hydrogen-bond donors (Lipinski definition) is 1. The van der Waals surface area contributed by atoms with Crippen molar-refractivity contribution in [2.45, 2.75) is 71.0 Å². The maximum atomic E-state index is 13.3. The summed E-state index contributed by atoms with van der Waals surface area (Å²) in [5, 5.41) is 9.37. The molecule has 0 unspecified atom stereocenters. The molecule has 0 atom stereocenters. The number of benzene rings is 1. The first-order chi connectivity index (χ1) is 14.4. The quantitative estimate of drug-likeness (QED) is 0.429. The Balaban J connectivity index is 2.07. The molecule has 31 heavy (non-hydrogen) atoms. The minimum absolute atomic E-state index is 0.0719. The van der Waals surface area contributed by atoms with Gasteiger partial charge < -0.3 is 14.4 Å². The second kappa shape index (κ2) is 10.1. The molecule has 0 spiro atoms. The third kappa shape index (κ3) is 6.74. The average Bonchev–Trinajstić information content (AvgIpc) is 2.68. The molecule has 1 N–H and O–H groups in total. The Kier molecular flexibility index (Phi) is 8.22. The summed E-state index contributed by atoms with van der Waals surface area (Å²) in [6, 6.07) is 9.43. The highest BCUT2D eigenvalue weighted by atomic mass is 28.4. The zero-order valence-corrected chi connectivity index (χ0v) is 20.6. The molecular formula is C24H37NO5Si. The highest BCUT2D eigenvalue weighted by Gasteiger charge is 2.43. The lowest BCUT2D eigenvalue weighted by atomic mass is 9.71. The van der Waals surface area contributed by atoms with Crippen LogP contribution in [0.15, 0.2) is 30.3 Å². The molecule has 0 aliphatic carbocycles. The summed E-state index contributed by atoms with van der Waals surface area (Å²) in [7, 11) is -1.95. The van der Waals surface area contributed by atoms with Gasteiger partial charge >= 0.3 is 6.09 Å². The molecule has 1 heterocycles. The SMILES string of the molecule is CC(C)(C)[Si](C)(C)OCCC1(C(=O)CC(=O)Cc2ccccc2)CCN(C(=O)O)CC1. The Morgan fingerprint density at radius 3 is 2.19 bits per heavy atom. The minimum atomic E-state index is -1.95. The molecule has 7 heteroatoms. The van der Waals surface area contributed by atoms with Crippen LogP contribution in [-0.4, -0.2) is 55.7 Å². The summed E-state index contributed by atoms with van der Waals surface area (Å²) in [6.07, 6.45) is 0.588. The van der Waals surface area contributed by atoms with Gasteiger partial charge in [0.2, 0.25) is 0 Å². The van der Waals surface area contributed by atoms with Crippen molar-refractivity contribution in [3.05, 3.63) is 35.9 Å². The number of hydrogen-bond acceptors (Lipinski definition) is 4. The second-order valence-electron chi connectivity index (χ2n) is 10.2. The topological polar surface area (TPSA) is 83.9 Å². The van der Waals surface area contributed by atoms with Gasteiger partial charge in [-0.15, -0.1) is 0 Å². The number of carbonyl (C=O) groups is 3. The second-order valence-corrected chi connectivity index (χ2v) is 15.0. The van der Waals surface area contributed by atoms with Crippen LogP contribution < -0.4 is 0 Å². The number of carboxylic acid groups (broad SMARTS) is 1. The molecule has 1 saturated heterocycles. The summed E-state index contributed by atoms with van der Waals surface area (Å²) >= 11 is 0. The van der Waals surface area contributed by atoms with E-state index in [1.807, 2.05) is 30.3 Å². The fraction of sp³-hybridized carbons (Fsp3) is 0.625. The first-order valence-electron chi connectivity index (χ1n) is 11.1. The van der Waals surface area contributed by atoms with Gasteiger partial charge in [0.15, 0.2) is 8.32 Å². The van der Waals surface area contributed by atoms with Gasteiger partial charge in [-0.25, -0.2) is 4.79 Å². The Hall–Kier alpha value is -1.99. The molecule has 1 aromatic rings. The maximum Gasteiger partial charge on any atom is 0.407 e. The van der Waals surface area contributed by atoms with Gasteiger partial charge in [-0.1, -0.05) is 51.1 Å². The first-order valence-corrected chi connectivity index (χ1v) is 14.0. The number of Topliss-reactive ketones (excluding diaryl/α,β-unsaturated/α-hetero) is 2. The highest BCUT2D eigenvalue weighted by Crippen LogP contribution is 2.40. The van der Waals surface area contributed by atoms with E-state index >= 15 is 0 Å². The van der Waals surface area contributed by atoms with Crippen molar-refractivity contribution in [2.24, 2.45) is 5.41 Å². The van der Waals surface area contributed by atoms with Crippen LogP contribution in [0.4, 0.5) is 4.79 Å². The summed E-state index contributed by atoms with van der Waals surface area (Å²) in [4.78, 5) is 38.6. The summed E-state index contributed by atoms with van der Waals surface area (Å²) in [5.74, 6) is -0.168. The molecule has 1 aromatic carbocycles. The van der Waals surface area contributed by atoms with E-state index in [1.54, 1.807) is 0 Å². The zero-order chi connectivity index (χ0) is 23.3. The lowest BCUT2D eigenvalue weighted by molar-refractivity contribution is -0.136. The van der Waals surface area contributed by atoms with Crippen LogP contribution in [-0.2, 0) is 20.4 Å². The monoisotopic (exact) mass is 447 g/mol. The lowest BCUT2D eigenvalue weighted by Gasteiger charge is -2.41. The van der Waals surface area contributed by atoms with Gasteiger partial charge in [0.05, 0.1) is 6.42 Å². The molecular weight excluding hydrogens is 410 g/mol. The molecule has 0 saturated carbocycles. The molecule has 0 aromatic heterocycles. The number of likely N-dealkylation sites (tertiary alicyclic amines) is 1. The largest absolute Gasteiger partial charge is 0.465 e. The summed E-state index contributed by atoms with van der Waals surface area (Å²) in [6.45, 7) is 12.0. The molecule has 2 rings (SSSR count). The lowest BCUT2D eigenvalue weighted by Crippen LogP contribution is -2.48. The molecule has 1 amide bonds. The fourth-order valence-corrected chi connectivity index (χ4v) is 4.81. The van der Waals surface area contributed by atoms with E-state index in [2.05, 4.69) is 33.9 Å². The van der Waals surface area contributed by atoms with Crippen molar-refractivity contribution in [1.29, 1.82) is 0 Å². The molecule has 6 nitrogen and oxygen atoms in total. The standard InChI is InChI=1S/C24H37NO5Si/c1-23(2,3)31(4,5)30-16-13-24(11-14-25(15-12-24)22(28)29)21(27)18-20(26)17-19-9-7-6-8-10-19/h6-10H,11-18H2,1-5H3,(H,28,29). The van der Waals surface area contributed by atoms with E-state index in [4.69, 9.17) is 4.43 Å². The van der Waals surface area contributed by atoms with E-state index in [0.717, 1.165) is 5.56 Å². The number of rotatable bonds is 9. The Labute approximate surface area is 187 Å². The Bertz CT molecular complexity index is 777. The predicted octanol–water partition coefficient (Wildman–Crippen LogP) is 4.93. The maximum absolute atomic E-state index is 13.3. The number of carbonyl (C=O) groups excluding carboxylic acids is 2. The van der Waals surface area contributed by atoms with Crippen molar-refractivity contribution in [2.75, 3.05) is 19.7 Å². The van der Waals surface area contributed by atoms with Crippen molar-refractivity contribution in [3.8, 4) is 0 Å². The van der Waals surface area contributed by atoms with E-state index in [0.29, 0.717) is 39.0 Å². The molecule has 0 radical (unpaired) electrons. The first kappa shape index (κ1) is 25.3. The predicted molar refractivity (Wildman–Crippen MR) is 124 cm³/mol. The van der Waals surface area contributed by atoms with Crippen molar-refractivity contribution >= 4 is 26.0 Å².